The Morgan fingerprint density at radius 1 is 1.00 bits per heavy atom. The fraction of sp³-hybridized carbons (Fsp3) is 0.200. The van der Waals surface area contributed by atoms with Crippen LogP contribution in [0.25, 0.3) is 11.1 Å². The number of aliphatic hydroxyl groups is 1. The van der Waals surface area contributed by atoms with Crippen LogP contribution in [0.4, 0.5) is 0 Å². The van der Waals surface area contributed by atoms with Crippen LogP contribution in [0.3, 0.4) is 0 Å². The lowest BCUT2D eigenvalue weighted by Gasteiger charge is -2.08. The first-order valence-corrected chi connectivity index (χ1v) is 8.46. The van der Waals surface area contributed by atoms with Gasteiger partial charge in [-0.15, -0.1) is 0 Å². The maximum Gasteiger partial charge on any atom is 0.109 e. The summed E-state index contributed by atoms with van der Waals surface area (Å²) in [4.78, 5) is 0. The molecular weight excluding hydrogens is 243 g/mol. The average molecular weight is 260 g/mol. The van der Waals surface area contributed by atoms with Crippen LogP contribution in [-0.4, -0.2) is 18.4 Å². The first-order chi connectivity index (χ1) is 8.50. The highest BCUT2D eigenvalue weighted by molar-refractivity contribution is 7.70. The Hall–Kier alpha value is -1.37. The third kappa shape index (κ3) is 2.90. The van der Waals surface area contributed by atoms with E-state index >= 15 is 0 Å². The first-order valence-electron chi connectivity index (χ1n) is 5.86. The second-order valence-electron chi connectivity index (χ2n) is 4.76. The van der Waals surface area contributed by atoms with Gasteiger partial charge in [0.15, 0.2) is 0 Å². The van der Waals surface area contributed by atoms with Crippen molar-refractivity contribution in [3.8, 4) is 11.1 Å². The summed E-state index contributed by atoms with van der Waals surface area (Å²) in [5, 5.41) is 10.0. The van der Waals surface area contributed by atoms with E-state index in [0.29, 0.717) is 0 Å². The Balaban J connectivity index is 2.37. The molecule has 0 atom stereocenters. The summed E-state index contributed by atoms with van der Waals surface area (Å²) in [5.41, 5.74) is 3.03. The third-order valence-corrected chi connectivity index (χ3v) is 4.47. The quantitative estimate of drug-likeness (QED) is 0.861. The predicted molar refractivity (Wildman–Crippen MR) is 76.9 cm³/mol. The second kappa shape index (κ2) is 5.09. The van der Waals surface area contributed by atoms with Crippen LogP contribution in [0.5, 0.6) is 0 Å². The minimum Gasteiger partial charge on any atom is -0.392 e. The highest BCUT2D eigenvalue weighted by Crippen LogP contribution is 2.35. The number of rotatable bonds is 3. The van der Waals surface area contributed by atoms with Gasteiger partial charge in [-0.05, 0) is 36.1 Å². The molecular formula is C15H17O2P. The van der Waals surface area contributed by atoms with Gasteiger partial charge in [0, 0.05) is 5.30 Å². The Bertz CT molecular complexity index is 582. The number of hydrogen-bond acceptors (Lipinski definition) is 2. The van der Waals surface area contributed by atoms with Crippen LogP contribution < -0.4 is 5.30 Å². The fourth-order valence-corrected chi connectivity index (χ4v) is 2.73. The summed E-state index contributed by atoms with van der Waals surface area (Å²) in [6.07, 6.45) is 0. The van der Waals surface area contributed by atoms with Crippen molar-refractivity contribution in [2.45, 2.75) is 6.61 Å². The molecule has 0 aromatic heterocycles. The van der Waals surface area contributed by atoms with Gasteiger partial charge in [-0.1, -0.05) is 42.5 Å². The minimum absolute atomic E-state index is 0.0467. The fourth-order valence-electron chi connectivity index (χ4n) is 1.86. The molecule has 0 unspecified atom stereocenters. The van der Waals surface area contributed by atoms with Crippen molar-refractivity contribution in [3.63, 3.8) is 0 Å². The van der Waals surface area contributed by atoms with E-state index < -0.39 is 7.14 Å². The summed E-state index contributed by atoms with van der Waals surface area (Å²) >= 11 is 0. The van der Waals surface area contributed by atoms with E-state index in [-0.39, 0.29) is 6.61 Å². The summed E-state index contributed by atoms with van der Waals surface area (Å²) < 4.78 is 11.9. The molecule has 0 aliphatic heterocycles. The molecule has 2 aromatic rings. The standard InChI is InChI=1S/C15H17O2P/c1-18(2,17)15-8-6-13(7-9-15)14-5-3-4-12(10-14)11-16/h3-10,16H,11H2,1-2H3. The van der Waals surface area contributed by atoms with Gasteiger partial charge < -0.3 is 9.67 Å². The van der Waals surface area contributed by atoms with E-state index in [1.165, 1.54) is 0 Å². The topological polar surface area (TPSA) is 37.3 Å². The highest BCUT2D eigenvalue weighted by atomic mass is 31.2. The molecule has 0 aliphatic carbocycles. The van der Waals surface area contributed by atoms with Gasteiger partial charge >= 0.3 is 0 Å². The molecule has 0 heterocycles. The van der Waals surface area contributed by atoms with E-state index in [9.17, 15) is 4.57 Å². The zero-order chi connectivity index (χ0) is 13.2. The molecule has 0 amide bonds. The molecule has 2 rings (SSSR count). The molecule has 0 fully saturated rings. The lowest BCUT2D eigenvalue weighted by atomic mass is 10.0. The van der Waals surface area contributed by atoms with Gasteiger partial charge in [-0.2, -0.15) is 0 Å². The zero-order valence-corrected chi connectivity index (χ0v) is 11.5. The van der Waals surface area contributed by atoms with Crippen molar-refractivity contribution >= 4 is 12.4 Å². The van der Waals surface area contributed by atoms with Crippen molar-refractivity contribution in [1.82, 2.24) is 0 Å². The third-order valence-electron chi connectivity index (χ3n) is 2.93. The molecule has 0 saturated carbocycles. The Kier molecular flexibility index (Phi) is 3.70. The summed E-state index contributed by atoms with van der Waals surface area (Å²) in [6.45, 7) is 3.59. The van der Waals surface area contributed by atoms with Crippen LogP contribution in [0.1, 0.15) is 5.56 Å². The summed E-state index contributed by atoms with van der Waals surface area (Å²) in [6, 6.07) is 15.6. The second-order valence-corrected chi connectivity index (χ2v) is 7.97. The van der Waals surface area contributed by atoms with E-state index in [4.69, 9.17) is 5.11 Å². The van der Waals surface area contributed by atoms with Crippen molar-refractivity contribution in [1.29, 1.82) is 0 Å². The van der Waals surface area contributed by atoms with Crippen molar-refractivity contribution in [3.05, 3.63) is 54.1 Å². The van der Waals surface area contributed by atoms with E-state index in [1.807, 2.05) is 48.5 Å². The summed E-state index contributed by atoms with van der Waals surface area (Å²) in [5.74, 6) is 0. The largest absolute Gasteiger partial charge is 0.392 e. The molecule has 18 heavy (non-hydrogen) atoms. The molecule has 0 saturated heterocycles. The van der Waals surface area contributed by atoms with E-state index in [2.05, 4.69) is 0 Å². The normalized spacial score (nSPS) is 11.5. The Morgan fingerprint density at radius 2 is 1.67 bits per heavy atom. The molecule has 3 heteroatoms. The minimum atomic E-state index is -2.18. The maximum absolute atomic E-state index is 11.9. The molecule has 0 radical (unpaired) electrons. The number of hydrogen-bond donors (Lipinski definition) is 1. The lowest BCUT2D eigenvalue weighted by Crippen LogP contribution is -2.01. The number of benzene rings is 2. The predicted octanol–water partition coefficient (Wildman–Crippen LogP) is 3.09. The van der Waals surface area contributed by atoms with Crippen LogP contribution in [-0.2, 0) is 11.2 Å². The number of aliphatic hydroxyl groups excluding tert-OH is 1. The van der Waals surface area contributed by atoms with Gasteiger partial charge in [-0.3, -0.25) is 0 Å². The van der Waals surface area contributed by atoms with Gasteiger partial charge in [0.25, 0.3) is 0 Å². The molecule has 2 aromatic carbocycles. The molecule has 0 bridgehead atoms. The molecule has 0 aliphatic rings. The maximum atomic E-state index is 11.9. The Morgan fingerprint density at radius 3 is 2.22 bits per heavy atom. The van der Waals surface area contributed by atoms with Gasteiger partial charge in [0.05, 0.1) is 6.61 Å². The Labute approximate surface area is 108 Å². The highest BCUT2D eigenvalue weighted by Gasteiger charge is 2.10. The van der Waals surface area contributed by atoms with Gasteiger partial charge in [0.2, 0.25) is 0 Å². The SMILES string of the molecule is CP(C)(=O)c1ccc(-c2cccc(CO)c2)cc1. The van der Waals surface area contributed by atoms with E-state index in [1.54, 1.807) is 13.3 Å². The monoisotopic (exact) mass is 260 g/mol. The molecule has 94 valence electrons. The average Bonchev–Trinajstić information content (AvgIpc) is 2.38. The van der Waals surface area contributed by atoms with Crippen molar-refractivity contribution in [2.24, 2.45) is 0 Å². The lowest BCUT2D eigenvalue weighted by molar-refractivity contribution is 0.282. The van der Waals surface area contributed by atoms with Crippen LogP contribution in [0.15, 0.2) is 48.5 Å². The van der Waals surface area contributed by atoms with Crippen molar-refractivity contribution in [2.75, 3.05) is 13.3 Å². The van der Waals surface area contributed by atoms with Gasteiger partial charge in [0.1, 0.15) is 7.14 Å². The van der Waals surface area contributed by atoms with Crippen LogP contribution in [0, 0.1) is 0 Å². The van der Waals surface area contributed by atoms with Gasteiger partial charge in [-0.25, -0.2) is 0 Å². The van der Waals surface area contributed by atoms with E-state index in [0.717, 1.165) is 22.0 Å². The van der Waals surface area contributed by atoms with Crippen LogP contribution in [0.2, 0.25) is 0 Å². The zero-order valence-electron chi connectivity index (χ0n) is 10.6. The van der Waals surface area contributed by atoms with Crippen molar-refractivity contribution < 1.29 is 9.67 Å². The molecule has 1 N–H and O–H groups in total. The molecule has 0 spiro atoms. The smallest absolute Gasteiger partial charge is 0.109 e. The molecule has 2 nitrogen and oxygen atoms in total. The first kappa shape index (κ1) is 13.1. The summed E-state index contributed by atoms with van der Waals surface area (Å²) in [7, 11) is -2.18. The van der Waals surface area contributed by atoms with Crippen LogP contribution >= 0.6 is 7.14 Å².